The van der Waals surface area contributed by atoms with Crippen molar-refractivity contribution >= 4 is 23.0 Å². The Morgan fingerprint density at radius 3 is 2.32 bits per heavy atom. The summed E-state index contributed by atoms with van der Waals surface area (Å²) in [6, 6.07) is 16.4. The number of hydrogen-bond donors (Lipinski definition) is 1. The number of anilines is 1. The van der Waals surface area contributed by atoms with Gasteiger partial charge in [0.2, 0.25) is 11.7 Å². The molecule has 5 nitrogen and oxygen atoms in total. The summed E-state index contributed by atoms with van der Waals surface area (Å²) < 4.78 is 5.41. The predicted octanol–water partition coefficient (Wildman–Crippen LogP) is 5.17. The van der Waals surface area contributed by atoms with E-state index in [1.54, 1.807) is 0 Å². The van der Waals surface area contributed by atoms with E-state index >= 15 is 0 Å². The number of aromatic nitrogens is 2. The molecule has 2 aromatic carbocycles. The summed E-state index contributed by atoms with van der Waals surface area (Å²) in [5, 5.41) is 7.92. The van der Waals surface area contributed by atoms with E-state index in [4.69, 9.17) is 16.7 Å². The van der Waals surface area contributed by atoms with E-state index in [1.807, 2.05) is 48.3 Å². The van der Waals surface area contributed by atoms with E-state index in [1.165, 1.54) is 11.1 Å². The zero-order chi connectivity index (χ0) is 20.3. The van der Waals surface area contributed by atoms with Crippen LogP contribution in [0.15, 0.2) is 53.1 Å². The average Bonchev–Trinajstić information content (AvgIpc) is 3.11. The highest BCUT2D eigenvalue weighted by atomic mass is 32.1. The van der Waals surface area contributed by atoms with E-state index < -0.39 is 0 Å². The number of thiocarbonyl (C=S) groups is 1. The van der Waals surface area contributed by atoms with Gasteiger partial charge >= 0.3 is 0 Å². The highest BCUT2D eigenvalue weighted by molar-refractivity contribution is 7.80. The monoisotopic (exact) mass is 394 g/mol. The Morgan fingerprint density at radius 2 is 1.71 bits per heavy atom. The van der Waals surface area contributed by atoms with Crippen molar-refractivity contribution in [2.24, 2.45) is 0 Å². The number of benzene rings is 2. The molecule has 0 radical (unpaired) electrons. The third kappa shape index (κ3) is 4.95. The van der Waals surface area contributed by atoms with Crippen LogP contribution in [0.2, 0.25) is 0 Å². The fraction of sp³-hybridized carbons (Fsp3) is 0.318. The molecular formula is C22H26N4OS. The second kappa shape index (κ2) is 8.10. The van der Waals surface area contributed by atoms with Gasteiger partial charge in [0.25, 0.3) is 0 Å². The van der Waals surface area contributed by atoms with Crippen molar-refractivity contribution in [3.05, 3.63) is 65.5 Å². The van der Waals surface area contributed by atoms with E-state index in [9.17, 15) is 0 Å². The van der Waals surface area contributed by atoms with Gasteiger partial charge in [-0.15, -0.1) is 0 Å². The molecule has 1 aromatic heterocycles. The lowest BCUT2D eigenvalue weighted by molar-refractivity contribution is 0.336. The number of aryl methyl sites for hydroxylation is 1. The first-order valence-electron chi connectivity index (χ1n) is 9.24. The van der Waals surface area contributed by atoms with Crippen molar-refractivity contribution in [2.75, 3.05) is 12.4 Å². The lowest BCUT2D eigenvalue weighted by Crippen LogP contribution is -2.30. The van der Waals surface area contributed by atoms with Crippen LogP contribution >= 0.6 is 12.2 Å². The molecule has 1 N–H and O–H groups in total. The molecule has 0 unspecified atom stereocenters. The van der Waals surface area contributed by atoms with Gasteiger partial charge < -0.3 is 14.7 Å². The molecule has 0 aliphatic heterocycles. The zero-order valence-electron chi connectivity index (χ0n) is 17.0. The largest absolute Gasteiger partial charge is 0.343 e. The van der Waals surface area contributed by atoms with Crippen molar-refractivity contribution in [3.63, 3.8) is 0 Å². The topological polar surface area (TPSA) is 54.2 Å². The van der Waals surface area contributed by atoms with Gasteiger partial charge in [-0.2, -0.15) is 4.98 Å². The second-order valence-electron chi connectivity index (χ2n) is 7.99. The Morgan fingerprint density at radius 1 is 1.07 bits per heavy atom. The summed E-state index contributed by atoms with van der Waals surface area (Å²) in [6.07, 6.45) is 0. The third-order valence-corrected chi connectivity index (χ3v) is 4.91. The normalized spacial score (nSPS) is 11.3. The highest BCUT2D eigenvalue weighted by Gasteiger charge is 2.16. The number of hydrogen-bond acceptors (Lipinski definition) is 4. The van der Waals surface area contributed by atoms with Gasteiger partial charge in [-0.1, -0.05) is 67.9 Å². The number of nitrogens with zero attached hydrogens (tertiary/aromatic N) is 3. The van der Waals surface area contributed by atoms with Crippen LogP contribution in [0.1, 0.15) is 37.8 Å². The van der Waals surface area contributed by atoms with Crippen LogP contribution in [0.5, 0.6) is 0 Å². The molecule has 0 bridgehead atoms. The van der Waals surface area contributed by atoms with Crippen LogP contribution in [0.3, 0.4) is 0 Å². The lowest BCUT2D eigenvalue weighted by atomic mass is 9.87. The molecule has 3 aromatic rings. The first kappa shape index (κ1) is 20.0. The first-order chi connectivity index (χ1) is 13.2. The van der Waals surface area contributed by atoms with Crippen LogP contribution in [0, 0.1) is 6.92 Å². The Labute approximate surface area is 171 Å². The minimum Gasteiger partial charge on any atom is -0.343 e. The van der Waals surface area contributed by atoms with Crippen molar-refractivity contribution in [1.82, 2.24) is 15.0 Å². The minimum atomic E-state index is 0.115. The molecule has 0 aliphatic carbocycles. The third-order valence-electron chi connectivity index (χ3n) is 4.50. The molecule has 146 valence electrons. The fourth-order valence-corrected chi connectivity index (χ4v) is 2.87. The Balaban J connectivity index is 1.63. The van der Waals surface area contributed by atoms with Crippen LogP contribution in [0.4, 0.5) is 5.69 Å². The van der Waals surface area contributed by atoms with Crippen molar-refractivity contribution in [1.29, 1.82) is 0 Å². The maximum atomic E-state index is 5.47. The first-order valence-corrected chi connectivity index (χ1v) is 9.65. The van der Waals surface area contributed by atoms with Crippen LogP contribution in [-0.2, 0) is 12.0 Å². The van der Waals surface area contributed by atoms with Gasteiger partial charge in [-0.25, -0.2) is 0 Å². The fourth-order valence-electron chi connectivity index (χ4n) is 2.69. The van der Waals surface area contributed by atoms with Crippen LogP contribution in [0.25, 0.3) is 11.4 Å². The molecule has 0 saturated carbocycles. The molecule has 3 rings (SSSR count). The van der Waals surface area contributed by atoms with E-state index in [2.05, 4.69) is 55.3 Å². The zero-order valence-corrected chi connectivity index (χ0v) is 17.8. The van der Waals surface area contributed by atoms with E-state index in [0.717, 1.165) is 11.3 Å². The average molecular weight is 395 g/mol. The second-order valence-corrected chi connectivity index (χ2v) is 8.38. The summed E-state index contributed by atoms with van der Waals surface area (Å²) >= 11 is 5.47. The van der Waals surface area contributed by atoms with Gasteiger partial charge in [0, 0.05) is 18.3 Å². The maximum absolute atomic E-state index is 5.47. The molecule has 6 heteroatoms. The standard InChI is InChI=1S/C22H26N4OS/c1-15-6-12-18(13-7-15)23-21(28)26(5)14-19-24-20(25-27-19)16-8-10-17(11-9-16)22(2,3)4/h6-13H,14H2,1-5H3,(H,23,28). The number of nitrogens with one attached hydrogen (secondary N) is 1. The van der Waals surface area contributed by atoms with Crippen molar-refractivity contribution in [3.8, 4) is 11.4 Å². The lowest BCUT2D eigenvalue weighted by Gasteiger charge is -2.19. The Bertz CT molecular complexity index is 940. The smallest absolute Gasteiger partial charge is 0.246 e. The van der Waals surface area contributed by atoms with Crippen molar-refractivity contribution < 1.29 is 4.52 Å². The molecule has 0 atom stereocenters. The summed E-state index contributed by atoms with van der Waals surface area (Å²) in [5.74, 6) is 1.10. The van der Waals surface area contributed by atoms with Crippen LogP contribution < -0.4 is 5.32 Å². The van der Waals surface area contributed by atoms with Gasteiger partial charge in [0.05, 0.1) is 6.54 Å². The Hall–Kier alpha value is -2.73. The quantitative estimate of drug-likeness (QED) is 0.616. The van der Waals surface area contributed by atoms with Gasteiger partial charge in [-0.3, -0.25) is 0 Å². The molecule has 0 fully saturated rings. The molecular weight excluding hydrogens is 368 g/mol. The summed E-state index contributed by atoms with van der Waals surface area (Å²) in [5.41, 5.74) is 4.48. The SMILES string of the molecule is Cc1ccc(NC(=S)N(C)Cc2nc(-c3ccc(C(C)(C)C)cc3)no2)cc1. The predicted molar refractivity (Wildman–Crippen MR) is 117 cm³/mol. The maximum Gasteiger partial charge on any atom is 0.246 e. The highest BCUT2D eigenvalue weighted by Crippen LogP contribution is 2.25. The molecule has 0 spiro atoms. The summed E-state index contributed by atoms with van der Waals surface area (Å²) in [4.78, 5) is 6.38. The van der Waals surface area contributed by atoms with Crippen molar-refractivity contribution in [2.45, 2.75) is 39.7 Å². The number of rotatable bonds is 4. The Kier molecular flexibility index (Phi) is 5.79. The van der Waals surface area contributed by atoms with E-state index in [0.29, 0.717) is 23.4 Å². The van der Waals surface area contributed by atoms with Gasteiger partial charge in [0.15, 0.2) is 5.11 Å². The summed E-state index contributed by atoms with van der Waals surface area (Å²) in [7, 11) is 1.89. The molecule has 0 aliphatic rings. The minimum absolute atomic E-state index is 0.115. The molecule has 0 saturated heterocycles. The van der Waals surface area contributed by atoms with E-state index in [-0.39, 0.29) is 5.41 Å². The van der Waals surface area contributed by atoms with Gasteiger partial charge in [-0.05, 0) is 42.3 Å². The molecule has 1 heterocycles. The van der Waals surface area contributed by atoms with Gasteiger partial charge in [0.1, 0.15) is 0 Å². The summed E-state index contributed by atoms with van der Waals surface area (Å²) in [6.45, 7) is 9.07. The molecule has 0 amide bonds. The molecule has 28 heavy (non-hydrogen) atoms. The van der Waals surface area contributed by atoms with Crippen LogP contribution in [-0.4, -0.2) is 27.2 Å².